The van der Waals surface area contributed by atoms with Gasteiger partial charge < -0.3 is 54.0 Å². The number of piperidine rings is 2. The van der Waals surface area contributed by atoms with Gasteiger partial charge >= 0.3 is 0 Å². The molecule has 4 saturated carbocycles. The average molecular weight is 1830 g/mol. The summed E-state index contributed by atoms with van der Waals surface area (Å²) in [5, 5.41) is 3.68. The molecule has 4 aliphatic heterocycles. The lowest BCUT2D eigenvalue weighted by atomic mass is 9.63. The van der Waals surface area contributed by atoms with Crippen molar-refractivity contribution >= 4 is 35.7 Å². The van der Waals surface area contributed by atoms with Gasteiger partial charge in [0.05, 0.1) is 26.4 Å². The quantitative estimate of drug-likeness (QED) is 0.0549. The zero-order valence-electron chi connectivity index (χ0n) is 92.2. The van der Waals surface area contributed by atoms with Crippen LogP contribution in [0.1, 0.15) is 404 Å². The van der Waals surface area contributed by atoms with E-state index in [-0.39, 0.29) is 33.1 Å². The van der Waals surface area contributed by atoms with Crippen LogP contribution in [0.25, 0.3) is 0 Å². The van der Waals surface area contributed by atoms with Crippen molar-refractivity contribution in [2.24, 2.45) is 48.7 Å². The maximum atomic E-state index is 5.60. The number of anilines is 6. The van der Waals surface area contributed by atoms with E-state index in [1.54, 1.807) is 0 Å². The molecule has 8 aliphatic rings. The molecule has 7 heterocycles. The minimum Gasteiger partial charge on any atom is -0.378 e. The standard InChI is InChI=1S/C39H74N6.C35H66N8O.C35H64N6O/c1-29-40-32(43-39(13,14)26-34(2,3)4)42-33(41-29)45(31-24-37(9,10)28-38(11,12)25-31)21-19-17-16-18-20-44(15)30-22-35(5,6)27-36(7,8)23-30;1-27-36-30(42-19-21-44-22-20-42)38-31(37-27)43(29-25-34(6,7)41(12)35(8,9)26-29)18-16-14-13-15-17-39(10)28-23-32(2,3)40(11)33(4,5)24-28;1-27-36-30(40-17-19-42-20-18-40)38-31(37-27)41(29-23-34(6,7)26-35(8,9)24-29)16-14-12-11-13-15-39(10)28-21-32(2,3)25-33(4,5)22-28/h30-31H,16-28H2,1-15H3,(H,40,41,42,43);28-29H,13-26H2,1-12H3;28-29H,11-26H2,1-10H3. The summed E-state index contributed by atoms with van der Waals surface area (Å²) in [4.78, 5) is 69.8. The molecule has 0 amide bonds. The van der Waals surface area contributed by atoms with Crippen LogP contribution in [-0.4, -0.2) is 260 Å². The van der Waals surface area contributed by atoms with Crippen molar-refractivity contribution in [3.8, 4) is 0 Å². The van der Waals surface area contributed by atoms with Crippen LogP contribution in [0.2, 0.25) is 0 Å². The Hall–Kier alpha value is -4.45. The van der Waals surface area contributed by atoms with E-state index in [9.17, 15) is 0 Å². The van der Waals surface area contributed by atoms with Crippen molar-refractivity contribution in [1.29, 1.82) is 0 Å². The number of hydrogen-bond donors (Lipinski definition) is 1. The van der Waals surface area contributed by atoms with Gasteiger partial charge in [-0.3, -0.25) is 9.80 Å². The fourth-order valence-corrected chi connectivity index (χ4v) is 27.6. The van der Waals surface area contributed by atoms with Crippen LogP contribution in [0.3, 0.4) is 0 Å². The van der Waals surface area contributed by atoms with Crippen molar-refractivity contribution < 1.29 is 9.47 Å². The van der Waals surface area contributed by atoms with E-state index in [0.29, 0.717) is 85.5 Å². The van der Waals surface area contributed by atoms with E-state index in [1.807, 2.05) is 20.8 Å². The molecule has 0 radical (unpaired) electrons. The van der Waals surface area contributed by atoms with Crippen molar-refractivity contribution in [2.75, 3.05) is 157 Å². The maximum Gasteiger partial charge on any atom is 0.230 e. The summed E-state index contributed by atoms with van der Waals surface area (Å²) in [6.07, 6.45) is 35.8. The second-order valence-electron chi connectivity index (χ2n) is 54.4. The molecule has 0 atom stereocenters. The number of morpholine rings is 2. The predicted octanol–water partition coefficient (Wildman–Crippen LogP) is 23.5. The Labute approximate surface area is 804 Å². The van der Waals surface area contributed by atoms with Gasteiger partial charge in [-0.1, -0.05) is 170 Å². The van der Waals surface area contributed by atoms with Crippen LogP contribution < -0.4 is 29.8 Å². The molecule has 22 heteroatoms. The lowest BCUT2D eigenvalue weighted by Crippen LogP contribution is -2.63. The van der Waals surface area contributed by atoms with E-state index in [1.165, 1.54) is 180 Å². The highest BCUT2D eigenvalue weighted by Gasteiger charge is 2.50. The molecule has 1 N–H and O–H groups in total. The number of likely N-dealkylation sites (tertiary alicyclic amines) is 2. The molecule has 8 fully saturated rings. The SMILES string of the molecule is Cc1nc(N2CCOCC2)nc(N(CCCCCCN(C)C2CC(C)(C)CC(C)(C)C2)C2CC(C)(C)CC(C)(C)C2)n1.Cc1nc(N2CCOCC2)nc(N(CCCCCCN(C)C2CC(C)(C)N(C)C(C)(C)C2)C2CC(C)(C)N(C)C(C)(C)C2)n1.Cc1nc(NC(C)(C)CC(C)(C)C)nc(N(CCCCCCN(C)C2CC(C)(C)CC(C)(C)C2)C2CC(C)(C)CC(C)(C)C2)n1. The van der Waals surface area contributed by atoms with Gasteiger partial charge in [0.1, 0.15) is 17.5 Å². The maximum absolute atomic E-state index is 5.60. The Balaban J connectivity index is 0.000000221. The fraction of sp³-hybridized carbons (Fsp3) is 0.917. The molecular weight excluding hydrogens is 1620 g/mol. The first-order valence-electron chi connectivity index (χ1n) is 52.8. The normalized spacial score (nSPS) is 23.6. The largest absolute Gasteiger partial charge is 0.378 e. The molecular formula is C109H204N20O2. The van der Waals surface area contributed by atoms with Crippen LogP contribution in [0.15, 0.2) is 0 Å². The summed E-state index contributed by atoms with van der Waals surface area (Å²) in [6.45, 7) is 88.8. The van der Waals surface area contributed by atoms with E-state index in [4.69, 9.17) is 54.3 Å². The highest BCUT2D eigenvalue weighted by molar-refractivity contribution is 5.44. The van der Waals surface area contributed by atoms with Crippen molar-refractivity contribution in [3.63, 3.8) is 0 Å². The lowest BCUT2D eigenvalue weighted by Gasteiger charge is -2.55. The molecule has 131 heavy (non-hydrogen) atoms. The van der Waals surface area contributed by atoms with Crippen LogP contribution in [0.5, 0.6) is 0 Å². The molecule has 0 unspecified atom stereocenters. The third kappa shape index (κ3) is 34.0. The first kappa shape index (κ1) is 110. The summed E-state index contributed by atoms with van der Waals surface area (Å²) >= 11 is 0. The Bertz CT molecular complexity index is 3890. The zero-order chi connectivity index (χ0) is 97.3. The number of nitrogens with one attached hydrogen (secondary N) is 1. The topological polar surface area (TPSA) is 179 Å². The molecule has 0 bridgehead atoms. The number of unbranched alkanes of at least 4 members (excludes halogenated alkanes) is 9. The number of aromatic nitrogens is 9. The summed E-state index contributed by atoms with van der Waals surface area (Å²) < 4.78 is 11.2. The Kier molecular flexibility index (Phi) is 37.3. The molecule has 11 rings (SSSR count). The summed E-state index contributed by atoms with van der Waals surface area (Å²) in [5.74, 6) is 7.34. The molecule has 4 aliphatic carbocycles. The highest BCUT2D eigenvalue weighted by Crippen LogP contribution is 2.53. The Morgan fingerprint density at radius 2 is 0.542 bits per heavy atom. The van der Waals surface area contributed by atoms with Crippen LogP contribution >= 0.6 is 0 Å². The fourth-order valence-electron chi connectivity index (χ4n) is 27.6. The van der Waals surface area contributed by atoms with Gasteiger partial charge in [0.2, 0.25) is 35.7 Å². The minimum atomic E-state index is -0.112. The van der Waals surface area contributed by atoms with E-state index < -0.39 is 0 Å². The van der Waals surface area contributed by atoms with Gasteiger partial charge in [-0.25, -0.2) is 0 Å². The number of rotatable bonds is 35. The molecule has 3 aromatic heterocycles. The van der Waals surface area contributed by atoms with E-state index in [2.05, 4.69) is 290 Å². The zero-order valence-corrected chi connectivity index (χ0v) is 92.2. The molecule has 0 aromatic carbocycles. The summed E-state index contributed by atoms with van der Waals surface area (Å²) in [6, 6.07) is 3.34. The van der Waals surface area contributed by atoms with Gasteiger partial charge in [0.15, 0.2) is 0 Å². The number of nitrogens with zero attached hydrogens (tertiary/aromatic N) is 19. The highest BCUT2D eigenvalue weighted by atomic mass is 16.5. The van der Waals surface area contributed by atoms with Gasteiger partial charge in [-0.15, -0.1) is 0 Å². The number of ether oxygens (including phenoxy) is 2. The molecule has 3 aromatic rings. The monoisotopic (exact) mass is 1830 g/mol. The molecule has 4 saturated heterocycles. The third-order valence-corrected chi connectivity index (χ3v) is 31.8. The number of aryl methyl sites for hydroxylation is 3. The van der Waals surface area contributed by atoms with Crippen molar-refractivity contribution in [3.05, 3.63) is 17.5 Å². The number of hydrogen-bond acceptors (Lipinski definition) is 22. The first-order chi connectivity index (χ1) is 60.3. The third-order valence-electron chi connectivity index (χ3n) is 31.8. The van der Waals surface area contributed by atoms with Gasteiger partial charge in [0.25, 0.3) is 0 Å². The van der Waals surface area contributed by atoms with Gasteiger partial charge in [-0.05, 0) is 341 Å². The average Bonchev–Trinajstić information content (AvgIpc) is 0.593. The van der Waals surface area contributed by atoms with Crippen molar-refractivity contribution in [2.45, 2.75) is 472 Å². The summed E-state index contributed by atoms with van der Waals surface area (Å²) in [7, 11) is 11.7. The Morgan fingerprint density at radius 1 is 0.305 bits per heavy atom. The van der Waals surface area contributed by atoms with Crippen LogP contribution in [0.4, 0.5) is 35.7 Å². The second kappa shape index (κ2) is 44.4. The predicted molar refractivity (Wildman–Crippen MR) is 556 cm³/mol. The van der Waals surface area contributed by atoms with E-state index in [0.717, 1.165) is 145 Å². The molecule has 22 nitrogen and oxygen atoms in total. The van der Waals surface area contributed by atoms with Crippen molar-refractivity contribution in [1.82, 2.24) is 69.4 Å². The minimum absolute atomic E-state index is 0.0986. The Morgan fingerprint density at radius 3 is 0.824 bits per heavy atom. The van der Waals surface area contributed by atoms with E-state index >= 15 is 0 Å². The van der Waals surface area contributed by atoms with Crippen LogP contribution in [0, 0.1) is 69.5 Å². The second-order valence-corrected chi connectivity index (χ2v) is 54.4. The molecule has 0 spiro atoms. The summed E-state index contributed by atoms with van der Waals surface area (Å²) in [5.41, 5.74) is 3.77. The van der Waals surface area contributed by atoms with Gasteiger partial charge in [-0.2, -0.15) is 44.9 Å². The lowest BCUT2D eigenvalue weighted by molar-refractivity contribution is -0.0426. The van der Waals surface area contributed by atoms with Crippen LogP contribution in [-0.2, 0) is 9.47 Å². The van der Waals surface area contributed by atoms with Gasteiger partial charge in [0, 0.05) is 110 Å². The molecule has 752 valence electrons. The first-order valence-corrected chi connectivity index (χ1v) is 52.8. The smallest absolute Gasteiger partial charge is 0.230 e.